The molecule has 0 saturated carbocycles. The van der Waals surface area contributed by atoms with Gasteiger partial charge < -0.3 is 5.11 Å². The molecule has 1 aromatic heterocycles. The fourth-order valence-electron chi connectivity index (χ4n) is 5.06. The fraction of sp³-hybridized carbons (Fsp3) is 0.407. The van der Waals surface area contributed by atoms with Crippen molar-refractivity contribution in [3.8, 4) is 0 Å². The van der Waals surface area contributed by atoms with Crippen molar-refractivity contribution in [1.29, 1.82) is 0 Å². The van der Waals surface area contributed by atoms with Crippen LogP contribution in [-0.4, -0.2) is 40.3 Å². The zero-order valence-corrected chi connectivity index (χ0v) is 21.7. The van der Waals surface area contributed by atoms with Gasteiger partial charge in [-0.1, -0.05) is 37.3 Å². The molecule has 2 heterocycles. The van der Waals surface area contributed by atoms with Crippen LogP contribution < -0.4 is 5.56 Å². The van der Waals surface area contributed by atoms with E-state index in [-0.39, 0.29) is 36.7 Å². The Labute approximate surface area is 215 Å². The minimum absolute atomic E-state index is 0.0898. The summed E-state index contributed by atoms with van der Waals surface area (Å²) in [6.45, 7) is 2.47. The van der Waals surface area contributed by atoms with Gasteiger partial charge in [0.1, 0.15) is 16.9 Å². The third-order valence-corrected chi connectivity index (χ3v) is 9.82. The van der Waals surface area contributed by atoms with Gasteiger partial charge in [0.05, 0.1) is 13.2 Å². The van der Waals surface area contributed by atoms with Crippen molar-refractivity contribution in [2.45, 2.75) is 62.9 Å². The number of halogens is 2. The minimum Gasteiger partial charge on any atom is -0.395 e. The molecule has 0 aliphatic carbocycles. The molecule has 4 rings (SSSR count). The van der Waals surface area contributed by atoms with Crippen LogP contribution in [0, 0.1) is 11.6 Å². The van der Waals surface area contributed by atoms with Crippen LogP contribution in [0.5, 0.6) is 0 Å². The molecule has 1 aliphatic rings. The van der Waals surface area contributed by atoms with E-state index in [2.05, 4.69) is 5.10 Å². The number of aliphatic hydroxyl groups is 1. The Morgan fingerprint density at radius 3 is 2.46 bits per heavy atom. The van der Waals surface area contributed by atoms with E-state index in [9.17, 15) is 18.3 Å². The van der Waals surface area contributed by atoms with E-state index < -0.39 is 44.5 Å². The summed E-state index contributed by atoms with van der Waals surface area (Å²) in [5.41, 5.74) is -1.24. The lowest BCUT2D eigenvalue weighted by atomic mass is 9.78. The first-order valence-corrected chi connectivity index (χ1v) is 13.8. The number of nitrogens with zero attached hydrogens (tertiary/aromatic N) is 3. The maximum absolute atomic E-state index is 15.5. The smallest absolute Gasteiger partial charge is 0.266 e. The third-order valence-electron chi connectivity index (χ3n) is 7.45. The van der Waals surface area contributed by atoms with Gasteiger partial charge in [0, 0.05) is 41.4 Å². The summed E-state index contributed by atoms with van der Waals surface area (Å²) in [4.78, 5) is 12.2. The zero-order valence-electron chi connectivity index (χ0n) is 20.8. The Morgan fingerprint density at radius 1 is 1.08 bits per heavy atom. The van der Waals surface area contributed by atoms with E-state index in [1.54, 1.807) is 38.1 Å². The van der Waals surface area contributed by atoms with E-state index in [1.807, 2.05) is 6.07 Å². The van der Waals surface area contributed by atoms with Crippen molar-refractivity contribution >= 4 is 10.0 Å². The number of aliphatic hydroxyl groups excluding tert-OH is 1. The van der Waals surface area contributed by atoms with E-state index in [4.69, 9.17) is 0 Å². The monoisotopic (exact) mass is 531 g/mol. The molecule has 0 amide bonds. The molecule has 1 saturated heterocycles. The fourth-order valence-corrected chi connectivity index (χ4v) is 7.25. The molecule has 1 fully saturated rings. The number of hydrogen-bond donors (Lipinski definition) is 1. The molecule has 7 nitrogen and oxygen atoms in total. The van der Waals surface area contributed by atoms with Crippen LogP contribution in [0.2, 0.25) is 0 Å². The van der Waals surface area contributed by atoms with Gasteiger partial charge >= 0.3 is 0 Å². The van der Waals surface area contributed by atoms with Crippen LogP contribution in [0.25, 0.3) is 0 Å². The number of rotatable bonds is 8. The van der Waals surface area contributed by atoms with E-state index >= 15 is 8.78 Å². The second-order valence-electron chi connectivity index (χ2n) is 9.65. The van der Waals surface area contributed by atoms with Crippen molar-refractivity contribution in [3.63, 3.8) is 0 Å². The summed E-state index contributed by atoms with van der Waals surface area (Å²) in [6.07, 6.45) is 2.64. The molecule has 37 heavy (non-hydrogen) atoms. The predicted molar refractivity (Wildman–Crippen MR) is 136 cm³/mol. The lowest BCUT2D eigenvalue weighted by molar-refractivity contribution is 0.159. The van der Waals surface area contributed by atoms with Crippen LogP contribution in [0.3, 0.4) is 0 Å². The molecule has 198 valence electrons. The molecular formula is C27H31F2N3O4S. The molecule has 3 aromatic rings. The Hall–Kier alpha value is -2.95. The second kappa shape index (κ2) is 10.8. The summed E-state index contributed by atoms with van der Waals surface area (Å²) in [6, 6.07) is 13.3. The largest absolute Gasteiger partial charge is 0.395 e. The highest BCUT2D eigenvalue weighted by molar-refractivity contribution is 7.89. The summed E-state index contributed by atoms with van der Waals surface area (Å²) in [7, 11) is -3.83. The van der Waals surface area contributed by atoms with Crippen LogP contribution in [0.15, 0.2) is 65.6 Å². The summed E-state index contributed by atoms with van der Waals surface area (Å²) < 4.78 is 60.4. The van der Waals surface area contributed by atoms with Gasteiger partial charge in [0.15, 0.2) is 0 Å². The first-order valence-electron chi connectivity index (χ1n) is 12.3. The van der Waals surface area contributed by atoms with Gasteiger partial charge in [-0.2, -0.15) is 9.40 Å². The average Bonchev–Trinajstić information content (AvgIpc) is 2.88. The van der Waals surface area contributed by atoms with Crippen molar-refractivity contribution in [2.24, 2.45) is 0 Å². The Balaban J connectivity index is 1.68. The summed E-state index contributed by atoms with van der Waals surface area (Å²) in [5, 5.41) is 13.5. The molecule has 1 N–H and O–H groups in total. The standard InChI is InChI=1S/C27H31F2N3O4S/c1-3-27(18-33,17-31-26(34)10-7-13-30-31)22-15-23(28)21(14-24(22)29)16-32-19(2)11-12-25(37(32,35)36)20-8-5-4-6-9-20/h4-10,13-15,19,25,33H,3,11-12,16-18H2,1-2H3/t19-,25+,27-/m0/s1. The van der Waals surface area contributed by atoms with Crippen LogP contribution >= 0.6 is 0 Å². The van der Waals surface area contributed by atoms with Gasteiger partial charge in [-0.25, -0.2) is 21.9 Å². The van der Waals surface area contributed by atoms with Crippen LogP contribution in [0.4, 0.5) is 8.78 Å². The van der Waals surface area contributed by atoms with Gasteiger partial charge in [-0.3, -0.25) is 4.79 Å². The number of hydrogen-bond acceptors (Lipinski definition) is 5. The topological polar surface area (TPSA) is 92.5 Å². The quantitative estimate of drug-likeness (QED) is 0.476. The van der Waals surface area contributed by atoms with Crippen molar-refractivity contribution < 1.29 is 22.3 Å². The van der Waals surface area contributed by atoms with Crippen molar-refractivity contribution in [3.05, 3.63) is 99.5 Å². The first-order chi connectivity index (χ1) is 17.6. The molecular weight excluding hydrogens is 500 g/mol. The van der Waals surface area contributed by atoms with Crippen LogP contribution in [-0.2, 0) is 28.5 Å². The summed E-state index contributed by atoms with van der Waals surface area (Å²) in [5.74, 6) is -1.56. The maximum Gasteiger partial charge on any atom is 0.266 e. The lowest BCUT2D eigenvalue weighted by Gasteiger charge is -2.38. The highest BCUT2D eigenvalue weighted by Gasteiger charge is 2.41. The Morgan fingerprint density at radius 2 is 1.81 bits per heavy atom. The first kappa shape index (κ1) is 27.1. The van der Waals surface area contributed by atoms with Crippen molar-refractivity contribution in [1.82, 2.24) is 14.1 Å². The summed E-state index contributed by atoms with van der Waals surface area (Å²) >= 11 is 0. The lowest BCUT2D eigenvalue weighted by Crippen LogP contribution is -2.45. The highest BCUT2D eigenvalue weighted by Crippen LogP contribution is 2.39. The van der Waals surface area contributed by atoms with E-state index in [0.717, 1.165) is 16.8 Å². The molecule has 10 heteroatoms. The van der Waals surface area contributed by atoms with Gasteiger partial charge in [-0.15, -0.1) is 0 Å². The minimum atomic E-state index is -3.83. The molecule has 0 unspecified atom stereocenters. The van der Waals surface area contributed by atoms with Gasteiger partial charge in [-0.05, 0) is 49.9 Å². The Bertz CT molecular complexity index is 1410. The van der Waals surface area contributed by atoms with E-state index in [1.165, 1.54) is 22.6 Å². The van der Waals surface area contributed by atoms with Gasteiger partial charge in [0.25, 0.3) is 5.56 Å². The molecule has 0 spiro atoms. The van der Waals surface area contributed by atoms with Gasteiger partial charge in [0.2, 0.25) is 10.0 Å². The SMILES string of the molecule is CC[C@@](CO)(Cn1ncccc1=O)c1cc(F)c(CN2[C@@H](C)CC[C@H](c3ccccc3)S2(=O)=O)cc1F. The average molecular weight is 532 g/mol. The van der Waals surface area contributed by atoms with Crippen LogP contribution in [0.1, 0.15) is 55.1 Å². The third kappa shape index (κ3) is 5.23. The number of sulfonamides is 1. The van der Waals surface area contributed by atoms with Crippen molar-refractivity contribution in [2.75, 3.05) is 6.61 Å². The number of benzene rings is 2. The highest BCUT2D eigenvalue weighted by atomic mass is 32.2. The second-order valence-corrected chi connectivity index (χ2v) is 11.7. The molecule has 3 atom stereocenters. The Kier molecular flexibility index (Phi) is 7.91. The molecule has 1 aliphatic heterocycles. The molecule has 0 bridgehead atoms. The number of aromatic nitrogens is 2. The zero-order chi connectivity index (χ0) is 26.8. The van der Waals surface area contributed by atoms with E-state index in [0.29, 0.717) is 18.4 Å². The molecule has 2 aromatic carbocycles. The predicted octanol–water partition coefficient (Wildman–Crippen LogP) is 3.92. The normalized spacial score (nSPS) is 21.4. The molecule has 0 radical (unpaired) electrons. The maximum atomic E-state index is 15.5.